The highest BCUT2D eigenvalue weighted by atomic mass is 32.1. The van der Waals surface area contributed by atoms with Crippen LogP contribution < -0.4 is 0 Å². The van der Waals surface area contributed by atoms with Gasteiger partial charge in [0, 0.05) is 6.54 Å². The van der Waals surface area contributed by atoms with Gasteiger partial charge in [-0.1, -0.05) is 0 Å². The Kier molecular flexibility index (Phi) is 4.47. The lowest BCUT2D eigenvalue weighted by atomic mass is 10.1. The molecule has 1 amide bonds. The maximum absolute atomic E-state index is 11.9. The van der Waals surface area contributed by atoms with Crippen LogP contribution in [0, 0.1) is 0 Å². The molecule has 0 radical (unpaired) electrons. The molecule has 0 spiro atoms. The average Bonchev–Trinajstić information content (AvgIpc) is 2.61. The second-order valence-corrected chi connectivity index (χ2v) is 6.18. The van der Waals surface area contributed by atoms with E-state index in [1.807, 2.05) is 20.8 Å². The highest BCUT2D eigenvalue weighted by molar-refractivity contribution is 7.81. The number of hydrogen-bond acceptors (Lipinski definition) is 4. The molecule has 1 aliphatic heterocycles. The van der Waals surface area contributed by atoms with Crippen LogP contribution in [0.25, 0.3) is 0 Å². The SMILES string of the molecule is CC(S)C(=O)C1CCCN1C(=O)OC(C)(C)C. The van der Waals surface area contributed by atoms with Crippen LogP contribution in [-0.2, 0) is 9.53 Å². The van der Waals surface area contributed by atoms with Gasteiger partial charge in [-0.3, -0.25) is 9.69 Å². The van der Waals surface area contributed by atoms with Gasteiger partial charge in [0.15, 0.2) is 5.78 Å². The predicted molar refractivity (Wildman–Crippen MR) is 69.4 cm³/mol. The Hall–Kier alpha value is -0.710. The number of nitrogens with zero attached hydrogens (tertiary/aromatic N) is 1. The first kappa shape index (κ1) is 14.4. The fourth-order valence-electron chi connectivity index (χ4n) is 1.88. The third-order valence-electron chi connectivity index (χ3n) is 2.62. The Balaban J connectivity index is 2.70. The van der Waals surface area contributed by atoms with Crippen LogP contribution >= 0.6 is 12.6 Å². The van der Waals surface area contributed by atoms with E-state index in [1.54, 1.807) is 6.92 Å². The largest absolute Gasteiger partial charge is 0.444 e. The molecule has 17 heavy (non-hydrogen) atoms. The summed E-state index contributed by atoms with van der Waals surface area (Å²) >= 11 is 4.14. The Bertz CT molecular complexity index is 309. The molecular formula is C12H21NO3S. The van der Waals surface area contributed by atoms with E-state index in [0.717, 1.165) is 6.42 Å². The van der Waals surface area contributed by atoms with Crippen molar-refractivity contribution in [3.8, 4) is 0 Å². The van der Waals surface area contributed by atoms with Crippen LogP contribution in [0.3, 0.4) is 0 Å². The van der Waals surface area contributed by atoms with Crippen molar-refractivity contribution in [3.05, 3.63) is 0 Å². The molecule has 2 unspecified atom stereocenters. The van der Waals surface area contributed by atoms with Crippen molar-refractivity contribution >= 4 is 24.5 Å². The van der Waals surface area contributed by atoms with Crippen LogP contribution in [0.1, 0.15) is 40.5 Å². The molecule has 1 heterocycles. The standard InChI is InChI=1S/C12H21NO3S/c1-8(17)10(14)9-6-5-7-13(9)11(15)16-12(2,3)4/h8-9,17H,5-7H2,1-4H3. The number of thiol groups is 1. The molecular weight excluding hydrogens is 238 g/mol. The Morgan fingerprint density at radius 3 is 2.47 bits per heavy atom. The molecule has 0 aromatic heterocycles. The van der Waals surface area contributed by atoms with Crippen LogP contribution in [0.2, 0.25) is 0 Å². The van der Waals surface area contributed by atoms with Gasteiger partial charge in [-0.25, -0.2) is 4.79 Å². The second kappa shape index (κ2) is 5.29. The molecule has 1 aliphatic rings. The number of rotatable bonds is 2. The average molecular weight is 259 g/mol. The summed E-state index contributed by atoms with van der Waals surface area (Å²) in [4.78, 5) is 25.4. The van der Waals surface area contributed by atoms with Gasteiger partial charge >= 0.3 is 6.09 Å². The van der Waals surface area contributed by atoms with E-state index in [2.05, 4.69) is 12.6 Å². The molecule has 5 heteroatoms. The third kappa shape index (κ3) is 3.91. The van der Waals surface area contributed by atoms with Gasteiger partial charge in [0.1, 0.15) is 5.60 Å². The highest BCUT2D eigenvalue weighted by Crippen LogP contribution is 2.23. The summed E-state index contributed by atoms with van der Waals surface area (Å²) in [6, 6.07) is -0.364. The molecule has 98 valence electrons. The topological polar surface area (TPSA) is 46.6 Å². The number of ether oxygens (including phenoxy) is 1. The lowest BCUT2D eigenvalue weighted by Crippen LogP contribution is -2.45. The first-order valence-corrected chi connectivity index (χ1v) is 6.45. The van der Waals surface area contributed by atoms with E-state index in [0.29, 0.717) is 13.0 Å². The molecule has 0 bridgehead atoms. The maximum atomic E-state index is 11.9. The minimum absolute atomic E-state index is 0.00306. The van der Waals surface area contributed by atoms with Crippen molar-refractivity contribution in [2.75, 3.05) is 6.54 Å². The summed E-state index contributed by atoms with van der Waals surface area (Å²) in [5.74, 6) is -0.00306. The Labute approximate surface area is 108 Å². The molecule has 2 atom stereocenters. The zero-order valence-corrected chi connectivity index (χ0v) is 11.8. The zero-order valence-electron chi connectivity index (χ0n) is 10.9. The molecule has 0 N–H and O–H groups in total. The molecule has 0 saturated carbocycles. The van der Waals surface area contributed by atoms with Gasteiger partial charge in [0.05, 0.1) is 11.3 Å². The molecule has 1 rings (SSSR count). The number of amides is 1. The molecule has 0 aromatic carbocycles. The lowest BCUT2D eigenvalue weighted by Gasteiger charge is -2.28. The van der Waals surface area contributed by atoms with E-state index in [4.69, 9.17) is 4.74 Å². The van der Waals surface area contributed by atoms with Crippen LogP contribution in [0.15, 0.2) is 0 Å². The van der Waals surface area contributed by atoms with Crippen molar-refractivity contribution < 1.29 is 14.3 Å². The fraction of sp³-hybridized carbons (Fsp3) is 0.833. The van der Waals surface area contributed by atoms with Crippen LogP contribution in [0.4, 0.5) is 4.79 Å². The van der Waals surface area contributed by atoms with Crippen molar-refractivity contribution in [2.24, 2.45) is 0 Å². The van der Waals surface area contributed by atoms with Crippen molar-refractivity contribution in [1.29, 1.82) is 0 Å². The van der Waals surface area contributed by atoms with E-state index in [1.165, 1.54) is 4.90 Å². The lowest BCUT2D eigenvalue weighted by molar-refractivity contribution is -0.122. The minimum Gasteiger partial charge on any atom is -0.444 e. The summed E-state index contributed by atoms with van der Waals surface area (Å²) in [5.41, 5.74) is -0.528. The first-order valence-electron chi connectivity index (χ1n) is 5.94. The predicted octanol–water partition coefficient (Wildman–Crippen LogP) is 2.27. The van der Waals surface area contributed by atoms with Gasteiger partial charge in [-0.15, -0.1) is 0 Å². The van der Waals surface area contributed by atoms with Crippen molar-refractivity contribution in [1.82, 2.24) is 4.90 Å². The van der Waals surface area contributed by atoms with E-state index < -0.39 is 11.7 Å². The molecule has 0 aromatic rings. The number of carbonyl (C=O) groups excluding carboxylic acids is 2. The summed E-state index contributed by atoms with van der Waals surface area (Å²) in [6.45, 7) is 7.78. The van der Waals surface area contributed by atoms with Gasteiger partial charge in [-0.05, 0) is 40.5 Å². The smallest absolute Gasteiger partial charge is 0.410 e. The van der Waals surface area contributed by atoms with Crippen LogP contribution in [0.5, 0.6) is 0 Å². The van der Waals surface area contributed by atoms with Gasteiger partial charge < -0.3 is 4.74 Å². The number of ketones is 1. The van der Waals surface area contributed by atoms with E-state index >= 15 is 0 Å². The monoisotopic (exact) mass is 259 g/mol. The quantitative estimate of drug-likeness (QED) is 0.774. The zero-order chi connectivity index (χ0) is 13.2. The number of carbonyl (C=O) groups is 2. The third-order valence-corrected chi connectivity index (χ3v) is 2.88. The van der Waals surface area contributed by atoms with Gasteiger partial charge in [-0.2, -0.15) is 12.6 Å². The Morgan fingerprint density at radius 1 is 1.41 bits per heavy atom. The van der Waals surface area contributed by atoms with Crippen LogP contribution in [-0.4, -0.2) is 40.2 Å². The maximum Gasteiger partial charge on any atom is 0.410 e. The summed E-state index contributed by atoms with van der Waals surface area (Å²) in [5, 5.41) is -0.344. The number of hydrogen-bond donors (Lipinski definition) is 1. The minimum atomic E-state index is -0.528. The highest BCUT2D eigenvalue weighted by Gasteiger charge is 2.37. The first-order chi connectivity index (χ1) is 7.72. The summed E-state index contributed by atoms with van der Waals surface area (Å²) in [6.07, 6.45) is 1.15. The fourth-order valence-corrected chi connectivity index (χ4v) is 2.05. The number of Topliss-reactive ketones (excluding diaryl/α,β-unsaturated/α-hetero) is 1. The second-order valence-electron chi connectivity index (χ2n) is 5.41. The summed E-state index contributed by atoms with van der Waals surface area (Å²) in [7, 11) is 0. The van der Waals surface area contributed by atoms with Gasteiger partial charge in [0.2, 0.25) is 0 Å². The summed E-state index contributed by atoms with van der Waals surface area (Å²) < 4.78 is 5.29. The molecule has 1 fully saturated rings. The van der Waals surface area contributed by atoms with E-state index in [9.17, 15) is 9.59 Å². The van der Waals surface area contributed by atoms with Gasteiger partial charge in [0.25, 0.3) is 0 Å². The number of likely N-dealkylation sites (tertiary alicyclic amines) is 1. The van der Waals surface area contributed by atoms with Crippen molar-refractivity contribution in [3.63, 3.8) is 0 Å². The molecule has 4 nitrogen and oxygen atoms in total. The molecule has 0 aliphatic carbocycles. The van der Waals surface area contributed by atoms with E-state index in [-0.39, 0.29) is 17.1 Å². The molecule has 1 saturated heterocycles. The normalized spacial score (nSPS) is 22.4. The van der Waals surface area contributed by atoms with Crippen molar-refractivity contribution in [2.45, 2.75) is 57.4 Å². The Morgan fingerprint density at radius 2 is 2.00 bits per heavy atom.